The monoisotopic (exact) mass is 509 g/mol. The SMILES string of the molecule is CCCCN(C(=O)c1cccc2ccccc12)C(C)c1nc2ccccc2c(=O)n1-c1ccc(Cl)cc1. The van der Waals surface area contributed by atoms with Crippen LogP contribution in [0.1, 0.15) is 48.9 Å². The number of aromatic nitrogens is 2. The molecule has 0 aliphatic heterocycles. The lowest BCUT2D eigenvalue weighted by molar-refractivity contribution is 0.0680. The van der Waals surface area contributed by atoms with Crippen molar-refractivity contribution in [3.8, 4) is 5.69 Å². The van der Waals surface area contributed by atoms with Crippen molar-refractivity contribution in [1.82, 2.24) is 14.5 Å². The highest BCUT2D eigenvalue weighted by Gasteiger charge is 2.28. The molecule has 0 fully saturated rings. The summed E-state index contributed by atoms with van der Waals surface area (Å²) in [5.41, 5.74) is 1.72. The van der Waals surface area contributed by atoms with Crippen LogP contribution in [0.4, 0.5) is 0 Å². The molecular weight excluding hydrogens is 482 g/mol. The van der Waals surface area contributed by atoms with E-state index in [2.05, 4.69) is 6.92 Å². The molecule has 6 heteroatoms. The van der Waals surface area contributed by atoms with E-state index in [1.54, 1.807) is 34.9 Å². The molecule has 1 aromatic heterocycles. The van der Waals surface area contributed by atoms with Crippen molar-refractivity contribution in [2.45, 2.75) is 32.7 Å². The molecule has 37 heavy (non-hydrogen) atoms. The van der Waals surface area contributed by atoms with E-state index in [4.69, 9.17) is 16.6 Å². The van der Waals surface area contributed by atoms with Crippen molar-refractivity contribution in [2.24, 2.45) is 0 Å². The van der Waals surface area contributed by atoms with E-state index < -0.39 is 6.04 Å². The number of nitrogens with zero attached hydrogens (tertiary/aromatic N) is 3. The zero-order valence-electron chi connectivity index (χ0n) is 20.9. The maximum atomic E-state index is 14.1. The summed E-state index contributed by atoms with van der Waals surface area (Å²) in [6, 6.07) is 27.7. The first-order valence-electron chi connectivity index (χ1n) is 12.6. The number of fused-ring (bicyclic) bond motifs is 2. The van der Waals surface area contributed by atoms with Crippen LogP contribution in [0.2, 0.25) is 5.02 Å². The van der Waals surface area contributed by atoms with Gasteiger partial charge in [-0.15, -0.1) is 0 Å². The molecule has 5 nitrogen and oxygen atoms in total. The molecule has 5 rings (SSSR count). The van der Waals surface area contributed by atoms with Crippen LogP contribution in [0.25, 0.3) is 27.4 Å². The average molecular weight is 510 g/mol. The Balaban J connectivity index is 1.69. The number of rotatable bonds is 7. The molecule has 1 heterocycles. The first kappa shape index (κ1) is 24.7. The fourth-order valence-corrected chi connectivity index (χ4v) is 4.90. The van der Waals surface area contributed by atoms with Crippen LogP contribution in [0, 0.1) is 0 Å². The van der Waals surface area contributed by atoms with Gasteiger partial charge in [0.1, 0.15) is 5.82 Å². The van der Waals surface area contributed by atoms with E-state index in [0.717, 1.165) is 23.6 Å². The van der Waals surface area contributed by atoms with Crippen LogP contribution in [-0.2, 0) is 0 Å². The average Bonchev–Trinajstić information content (AvgIpc) is 2.93. The number of amides is 1. The summed E-state index contributed by atoms with van der Waals surface area (Å²) in [6.07, 6.45) is 1.76. The predicted molar refractivity (Wildman–Crippen MR) is 151 cm³/mol. The van der Waals surface area contributed by atoms with E-state index in [9.17, 15) is 9.59 Å². The summed E-state index contributed by atoms with van der Waals surface area (Å²) >= 11 is 6.15. The topological polar surface area (TPSA) is 55.2 Å². The number of hydrogen-bond acceptors (Lipinski definition) is 3. The minimum Gasteiger partial charge on any atom is -0.329 e. The third-order valence-electron chi connectivity index (χ3n) is 6.76. The van der Waals surface area contributed by atoms with Crippen LogP contribution >= 0.6 is 11.6 Å². The second-order valence-electron chi connectivity index (χ2n) is 9.16. The van der Waals surface area contributed by atoms with Gasteiger partial charge in [0.2, 0.25) is 0 Å². The van der Waals surface area contributed by atoms with Crippen molar-refractivity contribution in [2.75, 3.05) is 6.54 Å². The summed E-state index contributed by atoms with van der Waals surface area (Å²) < 4.78 is 1.61. The number of carbonyl (C=O) groups is 1. The fourth-order valence-electron chi connectivity index (χ4n) is 4.78. The summed E-state index contributed by atoms with van der Waals surface area (Å²) in [5, 5.41) is 3.02. The van der Waals surface area contributed by atoms with Crippen molar-refractivity contribution in [3.05, 3.63) is 118 Å². The minimum absolute atomic E-state index is 0.0807. The van der Waals surface area contributed by atoms with E-state index in [1.165, 1.54) is 0 Å². The summed E-state index contributed by atoms with van der Waals surface area (Å²) in [5.74, 6) is 0.429. The molecule has 0 radical (unpaired) electrons. The highest BCUT2D eigenvalue weighted by Crippen LogP contribution is 2.28. The number of hydrogen-bond donors (Lipinski definition) is 0. The Morgan fingerprint density at radius 1 is 0.919 bits per heavy atom. The molecule has 186 valence electrons. The predicted octanol–water partition coefficient (Wildman–Crippen LogP) is 7.20. The normalized spacial score (nSPS) is 12.1. The van der Waals surface area contributed by atoms with Crippen molar-refractivity contribution in [3.63, 3.8) is 0 Å². The van der Waals surface area contributed by atoms with E-state index in [-0.39, 0.29) is 11.5 Å². The highest BCUT2D eigenvalue weighted by molar-refractivity contribution is 6.30. The van der Waals surface area contributed by atoms with Gasteiger partial charge in [-0.1, -0.05) is 73.5 Å². The van der Waals surface area contributed by atoms with Crippen LogP contribution in [0.15, 0.2) is 95.8 Å². The Labute approximate surface area is 220 Å². The lowest BCUT2D eigenvalue weighted by Crippen LogP contribution is -2.38. The van der Waals surface area contributed by atoms with Gasteiger partial charge in [-0.25, -0.2) is 4.98 Å². The van der Waals surface area contributed by atoms with Crippen LogP contribution in [0.5, 0.6) is 0 Å². The van der Waals surface area contributed by atoms with Crippen LogP contribution < -0.4 is 5.56 Å². The van der Waals surface area contributed by atoms with Crippen LogP contribution in [-0.4, -0.2) is 26.9 Å². The molecule has 1 unspecified atom stereocenters. The largest absolute Gasteiger partial charge is 0.329 e. The van der Waals surface area contributed by atoms with Crippen molar-refractivity contribution in [1.29, 1.82) is 0 Å². The lowest BCUT2D eigenvalue weighted by Gasteiger charge is -2.31. The van der Waals surface area contributed by atoms with Crippen molar-refractivity contribution >= 4 is 39.2 Å². The third kappa shape index (κ3) is 4.75. The standard InChI is InChI=1S/C31H28ClN3O2/c1-3-4-20-34(30(36)26-14-9-11-22-10-5-6-12-25(22)26)21(2)29-33-28-15-8-7-13-27(28)31(37)35(29)24-18-16-23(32)17-19-24/h5-19,21H,3-4,20H2,1-2H3. The molecule has 0 spiro atoms. The number of unbranched alkanes of at least 4 members (excludes halogenated alkanes) is 1. The number of para-hydroxylation sites is 1. The lowest BCUT2D eigenvalue weighted by atomic mass is 10.0. The maximum Gasteiger partial charge on any atom is 0.266 e. The van der Waals surface area contributed by atoms with Gasteiger partial charge in [0.05, 0.1) is 22.6 Å². The number of carbonyl (C=O) groups excluding carboxylic acids is 1. The first-order valence-corrected chi connectivity index (χ1v) is 12.9. The Morgan fingerprint density at radius 2 is 1.59 bits per heavy atom. The third-order valence-corrected chi connectivity index (χ3v) is 7.01. The Kier molecular flexibility index (Phi) is 7.06. The summed E-state index contributed by atoms with van der Waals surface area (Å²) in [7, 11) is 0. The molecule has 0 N–H and O–H groups in total. The Bertz CT molecular complexity index is 1640. The fraction of sp³-hybridized carbons (Fsp3) is 0.194. The molecule has 0 aliphatic rings. The number of halogens is 1. The molecule has 0 saturated heterocycles. The second kappa shape index (κ2) is 10.6. The summed E-state index contributed by atoms with van der Waals surface area (Å²) in [6.45, 7) is 4.59. The molecule has 1 amide bonds. The van der Waals surface area contributed by atoms with Gasteiger partial charge in [-0.05, 0) is 66.6 Å². The maximum absolute atomic E-state index is 14.1. The zero-order valence-corrected chi connectivity index (χ0v) is 21.7. The quantitative estimate of drug-likeness (QED) is 0.233. The van der Waals surface area contributed by atoms with Gasteiger partial charge in [-0.2, -0.15) is 0 Å². The van der Waals surface area contributed by atoms with E-state index in [1.807, 2.05) is 72.5 Å². The first-order chi connectivity index (χ1) is 18.0. The van der Waals surface area contributed by atoms with E-state index >= 15 is 0 Å². The second-order valence-corrected chi connectivity index (χ2v) is 9.60. The van der Waals surface area contributed by atoms with Gasteiger partial charge in [0.25, 0.3) is 11.5 Å². The van der Waals surface area contributed by atoms with Gasteiger partial charge >= 0.3 is 0 Å². The molecule has 4 aromatic carbocycles. The Hall–Kier alpha value is -3.96. The minimum atomic E-state index is -0.467. The molecule has 0 aliphatic carbocycles. The molecular formula is C31H28ClN3O2. The van der Waals surface area contributed by atoms with Gasteiger partial charge in [0.15, 0.2) is 0 Å². The summed E-state index contributed by atoms with van der Waals surface area (Å²) in [4.78, 5) is 34.7. The van der Waals surface area contributed by atoms with Crippen molar-refractivity contribution < 1.29 is 4.79 Å². The highest BCUT2D eigenvalue weighted by atomic mass is 35.5. The number of benzene rings is 4. The van der Waals surface area contributed by atoms with E-state index in [0.29, 0.717) is 39.5 Å². The molecule has 0 bridgehead atoms. The Morgan fingerprint density at radius 3 is 2.35 bits per heavy atom. The van der Waals surface area contributed by atoms with Crippen LogP contribution in [0.3, 0.4) is 0 Å². The van der Waals surface area contributed by atoms with Gasteiger partial charge < -0.3 is 4.90 Å². The zero-order chi connectivity index (χ0) is 25.9. The van der Waals surface area contributed by atoms with Gasteiger partial charge in [-0.3, -0.25) is 14.2 Å². The molecule has 0 saturated carbocycles. The molecule has 5 aromatic rings. The molecule has 1 atom stereocenters. The smallest absolute Gasteiger partial charge is 0.266 e. The van der Waals surface area contributed by atoms with Gasteiger partial charge in [0, 0.05) is 17.1 Å².